The summed E-state index contributed by atoms with van der Waals surface area (Å²) in [7, 11) is 0. The molecule has 0 radical (unpaired) electrons. The number of carbonyl (C=O) groups is 1. The van der Waals surface area contributed by atoms with Gasteiger partial charge in [0.25, 0.3) is 6.43 Å². The number of benzene rings is 2. The molecule has 0 spiro atoms. The highest BCUT2D eigenvalue weighted by Crippen LogP contribution is 2.39. The summed E-state index contributed by atoms with van der Waals surface area (Å²) in [5, 5.41) is 0.265. The molecule has 0 unspecified atom stereocenters. The van der Waals surface area contributed by atoms with Crippen molar-refractivity contribution in [2.75, 3.05) is 6.61 Å². The second-order valence-electron chi connectivity index (χ2n) is 4.92. The van der Waals surface area contributed by atoms with Gasteiger partial charge in [0.2, 0.25) is 5.91 Å². The standard InChI is InChI=1S/C16H12Cl2F3NO2/c17-10-5-11(16(12(18)6-10)24-7-14(20)21)8-1-2-9(4-15(22)23)13(19)3-8/h1-3,5-6,14H,4,7H2,(H2,22,23). The van der Waals surface area contributed by atoms with Crippen molar-refractivity contribution < 1.29 is 22.7 Å². The topological polar surface area (TPSA) is 52.3 Å². The van der Waals surface area contributed by atoms with Crippen LogP contribution in [-0.2, 0) is 11.2 Å². The lowest BCUT2D eigenvalue weighted by molar-refractivity contribution is -0.117. The van der Waals surface area contributed by atoms with E-state index in [9.17, 15) is 18.0 Å². The lowest BCUT2D eigenvalue weighted by atomic mass is 10.0. The van der Waals surface area contributed by atoms with Crippen molar-refractivity contribution in [1.82, 2.24) is 0 Å². The van der Waals surface area contributed by atoms with Crippen molar-refractivity contribution >= 4 is 29.1 Å². The van der Waals surface area contributed by atoms with Crippen LogP contribution in [0.15, 0.2) is 30.3 Å². The quantitative estimate of drug-likeness (QED) is 0.807. The van der Waals surface area contributed by atoms with E-state index in [1.54, 1.807) is 0 Å². The lowest BCUT2D eigenvalue weighted by Crippen LogP contribution is -2.14. The molecular weight excluding hydrogens is 366 g/mol. The summed E-state index contributed by atoms with van der Waals surface area (Å²) in [6.45, 7) is -0.864. The van der Waals surface area contributed by atoms with Crippen LogP contribution in [-0.4, -0.2) is 18.9 Å². The molecule has 2 rings (SSSR count). The van der Waals surface area contributed by atoms with E-state index >= 15 is 0 Å². The number of alkyl halides is 2. The van der Waals surface area contributed by atoms with E-state index in [0.717, 1.165) is 6.07 Å². The average Bonchev–Trinajstić information content (AvgIpc) is 2.47. The predicted octanol–water partition coefficient (Wildman–Crippen LogP) is 4.47. The lowest BCUT2D eigenvalue weighted by Gasteiger charge is -2.14. The normalized spacial score (nSPS) is 10.9. The highest BCUT2D eigenvalue weighted by atomic mass is 35.5. The van der Waals surface area contributed by atoms with Crippen LogP contribution in [0.4, 0.5) is 13.2 Å². The molecule has 24 heavy (non-hydrogen) atoms. The first-order chi connectivity index (χ1) is 11.3. The molecule has 2 N–H and O–H groups in total. The summed E-state index contributed by atoms with van der Waals surface area (Å²) >= 11 is 11.9. The summed E-state index contributed by atoms with van der Waals surface area (Å²) in [6.07, 6.45) is -2.95. The molecule has 0 aliphatic rings. The van der Waals surface area contributed by atoms with Gasteiger partial charge in [0.05, 0.1) is 11.4 Å². The first kappa shape index (κ1) is 18.4. The Hall–Kier alpha value is -1.92. The van der Waals surface area contributed by atoms with Crippen molar-refractivity contribution in [3.8, 4) is 16.9 Å². The summed E-state index contributed by atoms with van der Waals surface area (Å²) < 4.78 is 44.0. The molecule has 2 aromatic carbocycles. The Balaban J connectivity index is 2.47. The van der Waals surface area contributed by atoms with Crippen LogP contribution >= 0.6 is 23.2 Å². The van der Waals surface area contributed by atoms with Gasteiger partial charge in [-0.3, -0.25) is 4.79 Å². The number of rotatable bonds is 6. The summed E-state index contributed by atoms with van der Waals surface area (Å²) in [6, 6.07) is 6.78. The van der Waals surface area contributed by atoms with E-state index in [2.05, 4.69) is 0 Å². The van der Waals surface area contributed by atoms with Crippen LogP contribution in [0.3, 0.4) is 0 Å². The maximum absolute atomic E-state index is 14.1. The SMILES string of the molecule is NC(=O)Cc1ccc(-c2cc(Cl)cc(Cl)c2OCC(F)F)cc1F. The zero-order valence-electron chi connectivity index (χ0n) is 12.2. The molecule has 0 aromatic heterocycles. The average molecular weight is 378 g/mol. The molecule has 0 heterocycles. The number of halogens is 5. The molecule has 1 amide bonds. The monoisotopic (exact) mass is 377 g/mol. The van der Waals surface area contributed by atoms with Gasteiger partial charge in [-0.15, -0.1) is 0 Å². The van der Waals surface area contributed by atoms with Gasteiger partial charge in [0.15, 0.2) is 0 Å². The van der Waals surface area contributed by atoms with Crippen LogP contribution in [0.1, 0.15) is 5.56 Å². The molecule has 0 fully saturated rings. The first-order valence-electron chi connectivity index (χ1n) is 6.75. The van der Waals surface area contributed by atoms with E-state index in [1.807, 2.05) is 0 Å². The minimum absolute atomic E-state index is 0.0246. The highest BCUT2D eigenvalue weighted by molar-refractivity contribution is 6.36. The van der Waals surface area contributed by atoms with Gasteiger partial charge in [-0.1, -0.05) is 35.3 Å². The Bertz CT molecular complexity index is 769. The summed E-state index contributed by atoms with van der Waals surface area (Å²) in [5.74, 6) is -1.36. The van der Waals surface area contributed by atoms with Crippen LogP contribution in [0.2, 0.25) is 10.0 Å². The van der Waals surface area contributed by atoms with Gasteiger partial charge in [-0.25, -0.2) is 13.2 Å². The van der Waals surface area contributed by atoms with E-state index in [1.165, 1.54) is 24.3 Å². The molecule has 3 nitrogen and oxygen atoms in total. The Kier molecular flexibility index (Phi) is 5.96. The van der Waals surface area contributed by atoms with E-state index in [-0.39, 0.29) is 33.3 Å². The second-order valence-corrected chi connectivity index (χ2v) is 5.76. The molecular formula is C16H12Cl2F3NO2. The minimum Gasteiger partial charge on any atom is -0.485 e. The summed E-state index contributed by atoms with van der Waals surface area (Å²) in [4.78, 5) is 10.9. The molecule has 0 saturated heterocycles. The molecule has 128 valence electrons. The zero-order valence-corrected chi connectivity index (χ0v) is 13.7. The first-order valence-corrected chi connectivity index (χ1v) is 7.50. The molecule has 0 saturated carbocycles. The number of hydrogen-bond donors (Lipinski definition) is 1. The van der Waals surface area contributed by atoms with Gasteiger partial charge in [-0.2, -0.15) is 0 Å². The summed E-state index contributed by atoms with van der Waals surface area (Å²) in [5.41, 5.74) is 5.74. The third-order valence-electron chi connectivity index (χ3n) is 3.09. The third kappa shape index (κ3) is 4.55. The van der Waals surface area contributed by atoms with E-state index in [0.29, 0.717) is 5.56 Å². The molecule has 2 aromatic rings. The molecule has 0 atom stereocenters. The fourth-order valence-corrected chi connectivity index (χ4v) is 2.66. The van der Waals surface area contributed by atoms with E-state index in [4.69, 9.17) is 33.7 Å². The number of carbonyl (C=O) groups excluding carboxylic acids is 1. The third-order valence-corrected chi connectivity index (χ3v) is 3.59. The van der Waals surface area contributed by atoms with Crippen molar-refractivity contribution in [3.05, 3.63) is 51.8 Å². The number of ether oxygens (including phenoxy) is 1. The smallest absolute Gasteiger partial charge is 0.272 e. The van der Waals surface area contributed by atoms with Crippen LogP contribution < -0.4 is 10.5 Å². The Morgan fingerprint density at radius 3 is 2.50 bits per heavy atom. The maximum Gasteiger partial charge on any atom is 0.272 e. The number of hydrogen-bond acceptors (Lipinski definition) is 2. The Morgan fingerprint density at radius 1 is 1.21 bits per heavy atom. The van der Waals surface area contributed by atoms with Crippen LogP contribution in [0, 0.1) is 5.82 Å². The van der Waals surface area contributed by atoms with Gasteiger partial charge in [0, 0.05) is 10.6 Å². The number of nitrogens with two attached hydrogens (primary N) is 1. The van der Waals surface area contributed by atoms with Crippen molar-refractivity contribution in [1.29, 1.82) is 0 Å². The Morgan fingerprint density at radius 2 is 1.92 bits per heavy atom. The van der Waals surface area contributed by atoms with Crippen molar-refractivity contribution in [2.45, 2.75) is 12.8 Å². The fourth-order valence-electron chi connectivity index (χ4n) is 2.11. The van der Waals surface area contributed by atoms with Gasteiger partial charge < -0.3 is 10.5 Å². The number of primary amides is 1. The number of amides is 1. The van der Waals surface area contributed by atoms with Crippen LogP contribution in [0.5, 0.6) is 5.75 Å². The van der Waals surface area contributed by atoms with Gasteiger partial charge in [0.1, 0.15) is 18.2 Å². The van der Waals surface area contributed by atoms with Gasteiger partial charge >= 0.3 is 0 Å². The van der Waals surface area contributed by atoms with Crippen LogP contribution in [0.25, 0.3) is 11.1 Å². The molecule has 0 aliphatic heterocycles. The minimum atomic E-state index is -2.70. The van der Waals surface area contributed by atoms with Gasteiger partial charge in [-0.05, 0) is 29.3 Å². The predicted molar refractivity (Wildman–Crippen MR) is 86.3 cm³/mol. The Labute approximate surface area is 146 Å². The maximum atomic E-state index is 14.1. The molecule has 0 aliphatic carbocycles. The highest BCUT2D eigenvalue weighted by Gasteiger charge is 2.16. The van der Waals surface area contributed by atoms with Crippen molar-refractivity contribution in [3.63, 3.8) is 0 Å². The fraction of sp³-hybridized carbons (Fsp3) is 0.188. The molecule has 0 bridgehead atoms. The largest absolute Gasteiger partial charge is 0.485 e. The zero-order chi connectivity index (χ0) is 17.9. The molecule has 8 heteroatoms. The van der Waals surface area contributed by atoms with E-state index < -0.39 is 24.8 Å². The second kappa shape index (κ2) is 7.77. The van der Waals surface area contributed by atoms with Crippen molar-refractivity contribution in [2.24, 2.45) is 5.73 Å².